The molecule has 1 saturated heterocycles. The minimum absolute atomic E-state index is 0.653. The summed E-state index contributed by atoms with van der Waals surface area (Å²) in [6, 6.07) is 0. The van der Waals surface area contributed by atoms with Gasteiger partial charge in [0, 0.05) is 6.54 Å². The molecule has 72 valence electrons. The number of rotatable bonds is 3. The summed E-state index contributed by atoms with van der Waals surface area (Å²) < 4.78 is 0. The SMILES string of the molecule is C=C(C)/C=C\C(=C)C1CCN(C)C1. The summed E-state index contributed by atoms with van der Waals surface area (Å²) in [7, 11) is 2.16. The molecule has 1 heteroatoms. The predicted octanol–water partition coefficient (Wildman–Crippen LogP) is 2.63. The lowest BCUT2D eigenvalue weighted by molar-refractivity contribution is 0.406. The van der Waals surface area contributed by atoms with Crippen LogP contribution in [0.25, 0.3) is 0 Å². The Morgan fingerprint density at radius 1 is 1.38 bits per heavy atom. The molecule has 1 atom stereocenters. The Balaban J connectivity index is 2.44. The van der Waals surface area contributed by atoms with Crippen LogP contribution in [0, 0.1) is 5.92 Å². The average Bonchev–Trinajstić information content (AvgIpc) is 2.47. The van der Waals surface area contributed by atoms with Gasteiger partial charge in [-0.05, 0) is 32.9 Å². The topological polar surface area (TPSA) is 3.24 Å². The Morgan fingerprint density at radius 3 is 2.54 bits per heavy atom. The Hall–Kier alpha value is -0.820. The predicted molar refractivity (Wildman–Crippen MR) is 58.7 cm³/mol. The van der Waals surface area contributed by atoms with Gasteiger partial charge in [-0.15, -0.1) is 0 Å². The van der Waals surface area contributed by atoms with E-state index in [0.717, 1.165) is 12.1 Å². The molecule has 1 aliphatic rings. The van der Waals surface area contributed by atoms with E-state index in [9.17, 15) is 0 Å². The third-order valence-corrected chi connectivity index (χ3v) is 2.50. The second-order valence-electron chi connectivity index (χ2n) is 4.00. The fourth-order valence-corrected chi connectivity index (χ4v) is 1.62. The first-order valence-electron chi connectivity index (χ1n) is 4.80. The van der Waals surface area contributed by atoms with Crippen molar-refractivity contribution >= 4 is 0 Å². The van der Waals surface area contributed by atoms with Crippen LogP contribution in [0.4, 0.5) is 0 Å². The first kappa shape index (κ1) is 10.3. The first-order chi connectivity index (χ1) is 6.09. The van der Waals surface area contributed by atoms with Crippen molar-refractivity contribution in [2.24, 2.45) is 5.92 Å². The molecule has 1 fully saturated rings. The van der Waals surface area contributed by atoms with Gasteiger partial charge in [-0.3, -0.25) is 0 Å². The maximum absolute atomic E-state index is 4.09. The lowest BCUT2D eigenvalue weighted by Gasteiger charge is -2.09. The molecular weight excluding hydrogens is 158 g/mol. The zero-order chi connectivity index (χ0) is 9.84. The highest BCUT2D eigenvalue weighted by molar-refractivity contribution is 5.25. The van der Waals surface area contributed by atoms with E-state index in [0.29, 0.717) is 5.92 Å². The van der Waals surface area contributed by atoms with E-state index >= 15 is 0 Å². The molecule has 0 aromatic rings. The van der Waals surface area contributed by atoms with Crippen molar-refractivity contribution < 1.29 is 0 Å². The molecule has 0 radical (unpaired) electrons. The van der Waals surface area contributed by atoms with Crippen LogP contribution in [0.2, 0.25) is 0 Å². The summed E-state index contributed by atoms with van der Waals surface area (Å²) in [4.78, 5) is 2.35. The molecule has 1 rings (SSSR count). The summed E-state index contributed by atoms with van der Waals surface area (Å²) in [5.74, 6) is 0.653. The third-order valence-electron chi connectivity index (χ3n) is 2.50. The fraction of sp³-hybridized carbons (Fsp3) is 0.500. The summed E-state index contributed by atoms with van der Waals surface area (Å²) in [5.41, 5.74) is 2.33. The highest BCUT2D eigenvalue weighted by Gasteiger charge is 2.20. The normalized spacial score (nSPS) is 24.0. The molecule has 0 aromatic carbocycles. The summed E-state index contributed by atoms with van der Waals surface area (Å²) in [5, 5.41) is 0. The van der Waals surface area contributed by atoms with Crippen molar-refractivity contribution in [3.63, 3.8) is 0 Å². The fourth-order valence-electron chi connectivity index (χ4n) is 1.62. The second kappa shape index (κ2) is 4.43. The van der Waals surface area contributed by atoms with Gasteiger partial charge >= 0.3 is 0 Å². The Morgan fingerprint density at radius 2 is 2.08 bits per heavy atom. The van der Waals surface area contributed by atoms with Crippen LogP contribution in [0.15, 0.2) is 36.5 Å². The van der Waals surface area contributed by atoms with E-state index in [1.165, 1.54) is 18.5 Å². The van der Waals surface area contributed by atoms with Gasteiger partial charge in [-0.1, -0.05) is 36.5 Å². The van der Waals surface area contributed by atoms with Gasteiger partial charge in [-0.25, -0.2) is 0 Å². The van der Waals surface area contributed by atoms with Gasteiger partial charge in [0.2, 0.25) is 0 Å². The molecule has 1 heterocycles. The maximum Gasteiger partial charge on any atom is 0.00475 e. The summed E-state index contributed by atoms with van der Waals surface area (Å²) >= 11 is 0. The molecule has 0 aromatic heterocycles. The molecule has 0 amide bonds. The van der Waals surface area contributed by atoms with Gasteiger partial charge in [0.25, 0.3) is 0 Å². The largest absolute Gasteiger partial charge is 0.306 e. The lowest BCUT2D eigenvalue weighted by atomic mass is 9.99. The van der Waals surface area contributed by atoms with E-state index in [1.807, 2.05) is 13.0 Å². The van der Waals surface area contributed by atoms with Gasteiger partial charge in [0.1, 0.15) is 0 Å². The Bertz CT molecular complexity index is 238. The highest BCUT2D eigenvalue weighted by Crippen LogP contribution is 2.22. The van der Waals surface area contributed by atoms with Gasteiger partial charge in [0.05, 0.1) is 0 Å². The molecule has 1 aliphatic heterocycles. The smallest absolute Gasteiger partial charge is 0.00475 e. The van der Waals surface area contributed by atoms with Gasteiger partial charge in [-0.2, -0.15) is 0 Å². The molecular formula is C12H19N. The van der Waals surface area contributed by atoms with Crippen LogP contribution >= 0.6 is 0 Å². The average molecular weight is 177 g/mol. The number of nitrogens with zero attached hydrogens (tertiary/aromatic N) is 1. The van der Waals surface area contributed by atoms with Crippen molar-refractivity contribution in [2.45, 2.75) is 13.3 Å². The number of likely N-dealkylation sites (tertiary alicyclic amines) is 1. The second-order valence-corrected chi connectivity index (χ2v) is 4.00. The summed E-state index contributed by atoms with van der Waals surface area (Å²) in [6.45, 7) is 12.3. The van der Waals surface area contributed by atoms with Crippen molar-refractivity contribution in [1.82, 2.24) is 4.90 Å². The molecule has 0 N–H and O–H groups in total. The number of hydrogen-bond donors (Lipinski definition) is 0. The number of allylic oxidation sites excluding steroid dienone is 3. The van der Waals surface area contributed by atoms with E-state index in [2.05, 4.69) is 31.2 Å². The van der Waals surface area contributed by atoms with Crippen LogP contribution in [0.1, 0.15) is 13.3 Å². The molecule has 0 saturated carbocycles. The van der Waals surface area contributed by atoms with Crippen LogP contribution in [-0.4, -0.2) is 25.0 Å². The van der Waals surface area contributed by atoms with Crippen molar-refractivity contribution in [2.75, 3.05) is 20.1 Å². The first-order valence-corrected chi connectivity index (χ1v) is 4.80. The van der Waals surface area contributed by atoms with E-state index in [-0.39, 0.29) is 0 Å². The zero-order valence-electron chi connectivity index (χ0n) is 8.71. The van der Waals surface area contributed by atoms with E-state index in [1.54, 1.807) is 0 Å². The monoisotopic (exact) mass is 177 g/mol. The van der Waals surface area contributed by atoms with Crippen LogP contribution in [0.5, 0.6) is 0 Å². The third kappa shape index (κ3) is 3.19. The molecule has 0 spiro atoms. The Kier molecular flexibility index (Phi) is 3.49. The highest BCUT2D eigenvalue weighted by atomic mass is 15.1. The minimum atomic E-state index is 0.653. The minimum Gasteiger partial charge on any atom is -0.306 e. The summed E-state index contributed by atoms with van der Waals surface area (Å²) in [6.07, 6.45) is 5.39. The molecule has 1 unspecified atom stereocenters. The van der Waals surface area contributed by atoms with E-state index in [4.69, 9.17) is 0 Å². The van der Waals surface area contributed by atoms with Gasteiger partial charge in [0.15, 0.2) is 0 Å². The van der Waals surface area contributed by atoms with Crippen LogP contribution in [0.3, 0.4) is 0 Å². The quantitative estimate of drug-likeness (QED) is 0.599. The van der Waals surface area contributed by atoms with Crippen molar-refractivity contribution in [3.8, 4) is 0 Å². The van der Waals surface area contributed by atoms with Crippen molar-refractivity contribution in [1.29, 1.82) is 0 Å². The van der Waals surface area contributed by atoms with Crippen LogP contribution in [-0.2, 0) is 0 Å². The zero-order valence-corrected chi connectivity index (χ0v) is 8.71. The van der Waals surface area contributed by atoms with Crippen LogP contribution < -0.4 is 0 Å². The molecule has 1 nitrogen and oxygen atoms in total. The maximum atomic E-state index is 4.09. The van der Waals surface area contributed by atoms with Gasteiger partial charge < -0.3 is 4.90 Å². The Labute approximate surface area is 81.4 Å². The molecule has 13 heavy (non-hydrogen) atoms. The number of hydrogen-bond acceptors (Lipinski definition) is 1. The lowest BCUT2D eigenvalue weighted by Crippen LogP contribution is -2.14. The molecule has 0 aliphatic carbocycles. The molecule has 0 bridgehead atoms. The standard InChI is InChI=1S/C12H19N/c1-10(2)5-6-11(3)12-7-8-13(4)9-12/h5-6,12H,1,3,7-9H2,2,4H3/b6-5-. The van der Waals surface area contributed by atoms with Crippen molar-refractivity contribution in [3.05, 3.63) is 36.5 Å². The van der Waals surface area contributed by atoms with E-state index < -0.39 is 0 Å².